The maximum atomic E-state index is 9.57. The number of likely N-dealkylation sites (tertiary alicyclic amines) is 1. The minimum atomic E-state index is -0.160. The minimum Gasteiger partial charge on any atom is -0.392 e. The molecule has 1 heterocycles. The molecule has 0 aromatic rings. The molecule has 2 unspecified atom stereocenters. The molecular formula is C11H24N2O. The molecule has 0 aliphatic carbocycles. The Morgan fingerprint density at radius 2 is 2.36 bits per heavy atom. The van der Waals surface area contributed by atoms with Crippen molar-refractivity contribution in [3.05, 3.63) is 0 Å². The molecule has 14 heavy (non-hydrogen) atoms. The summed E-state index contributed by atoms with van der Waals surface area (Å²) in [4.78, 5) is 2.35. The van der Waals surface area contributed by atoms with E-state index in [1.807, 2.05) is 0 Å². The van der Waals surface area contributed by atoms with Crippen LogP contribution in [0.2, 0.25) is 0 Å². The van der Waals surface area contributed by atoms with Crippen molar-refractivity contribution in [2.24, 2.45) is 0 Å². The molecule has 0 radical (unpaired) electrons. The third-order valence-corrected chi connectivity index (χ3v) is 2.89. The lowest BCUT2D eigenvalue weighted by molar-refractivity contribution is 0.144. The Bertz CT molecular complexity index is 152. The standard InChI is InChI=1S/C11H24N2O/c1-3-5-11(14)8-12-10-6-4-7-13(2)9-10/h10-12,14H,3-9H2,1-2H3. The Labute approximate surface area is 87.5 Å². The smallest absolute Gasteiger partial charge is 0.0664 e. The summed E-state index contributed by atoms with van der Waals surface area (Å²) < 4.78 is 0. The van der Waals surface area contributed by atoms with Gasteiger partial charge in [-0.1, -0.05) is 13.3 Å². The summed E-state index contributed by atoms with van der Waals surface area (Å²) in [6.45, 7) is 5.21. The van der Waals surface area contributed by atoms with Crippen LogP contribution in [0.4, 0.5) is 0 Å². The van der Waals surface area contributed by atoms with E-state index < -0.39 is 0 Å². The van der Waals surface area contributed by atoms with Gasteiger partial charge >= 0.3 is 0 Å². The molecule has 0 saturated carbocycles. The van der Waals surface area contributed by atoms with E-state index >= 15 is 0 Å². The lowest BCUT2D eigenvalue weighted by Gasteiger charge is -2.30. The van der Waals surface area contributed by atoms with Crippen LogP contribution in [0.5, 0.6) is 0 Å². The average Bonchev–Trinajstić information content (AvgIpc) is 2.15. The Hall–Kier alpha value is -0.120. The number of hydrogen-bond acceptors (Lipinski definition) is 3. The van der Waals surface area contributed by atoms with Gasteiger partial charge in [0, 0.05) is 19.1 Å². The van der Waals surface area contributed by atoms with Gasteiger partial charge in [-0.05, 0) is 32.9 Å². The van der Waals surface area contributed by atoms with Gasteiger partial charge in [-0.15, -0.1) is 0 Å². The monoisotopic (exact) mass is 200 g/mol. The molecule has 0 spiro atoms. The topological polar surface area (TPSA) is 35.5 Å². The van der Waals surface area contributed by atoms with Crippen LogP contribution in [-0.4, -0.2) is 48.8 Å². The summed E-state index contributed by atoms with van der Waals surface area (Å²) in [7, 11) is 2.16. The summed E-state index contributed by atoms with van der Waals surface area (Å²) in [5.41, 5.74) is 0. The molecule has 0 amide bonds. The predicted octanol–water partition coefficient (Wildman–Crippen LogP) is 0.831. The SMILES string of the molecule is CCCC(O)CNC1CCCN(C)C1. The predicted molar refractivity (Wildman–Crippen MR) is 59.4 cm³/mol. The van der Waals surface area contributed by atoms with Crippen molar-refractivity contribution < 1.29 is 5.11 Å². The number of aliphatic hydroxyl groups excluding tert-OH is 1. The van der Waals surface area contributed by atoms with E-state index in [2.05, 4.69) is 24.2 Å². The zero-order valence-corrected chi connectivity index (χ0v) is 9.50. The van der Waals surface area contributed by atoms with E-state index in [0.29, 0.717) is 6.04 Å². The van der Waals surface area contributed by atoms with Gasteiger partial charge in [-0.3, -0.25) is 0 Å². The molecule has 1 saturated heterocycles. The first-order valence-corrected chi connectivity index (χ1v) is 5.82. The van der Waals surface area contributed by atoms with Gasteiger partial charge in [0.15, 0.2) is 0 Å². The van der Waals surface area contributed by atoms with Crippen LogP contribution in [-0.2, 0) is 0 Å². The highest BCUT2D eigenvalue weighted by Gasteiger charge is 2.16. The molecule has 3 heteroatoms. The number of nitrogens with zero attached hydrogens (tertiary/aromatic N) is 1. The molecule has 2 N–H and O–H groups in total. The van der Waals surface area contributed by atoms with Crippen molar-refractivity contribution in [3.8, 4) is 0 Å². The second kappa shape index (κ2) is 6.38. The largest absolute Gasteiger partial charge is 0.392 e. The summed E-state index contributed by atoms with van der Waals surface area (Å²) >= 11 is 0. The fourth-order valence-electron chi connectivity index (χ4n) is 2.07. The van der Waals surface area contributed by atoms with Crippen LogP contribution < -0.4 is 5.32 Å². The second-order valence-corrected chi connectivity index (χ2v) is 4.45. The summed E-state index contributed by atoms with van der Waals surface area (Å²) in [5.74, 6) is 0. The van der Waals surface area contributed by atoms with Gasteiger partial charge in [-0.25, -0.2) is 0 Å². The molecule has 1 aliphatic heterocycles. The highest BCUT2D eigenvalue weighted by Crippen LogP contribution is 2.08. The Balaban J connectivity index is 2.10. The number of aliphatic hydroxyl groups is 1. The fourth-order valence-corrected chi connectivity index (χ4v) is 2.07. The Morgan fingerprint density at radius 1 is 1.57 bits per heavy atom. The van der Waals surface area contributed by atoms with E-state index in [9.17, 15) is 5.11 Å². The summed E-state index contributed by atoms with van der Waals surface area (Å²) in [6.07, 6.45) is 4.34. The van der Waals surface area contributed by atoms with Gasteiger partial charge in [-0.2, -0.15) is 0 Å². The van der Waals surface area contributed by atoms with Crippen molar-refractivity contribution >= 4 is 0 Å². The number of rotatable bonds is 5. The van der Waals surface area contributed by atoms with Crippen LogP contribution >= 0.6 is 0 Å². The summed E-state index contributed by atoms with van der Waals surface area (Å²) in [5, 5.41) is 13.0. The minimum absolute atomic E-state index is 0.160. The first-order valence-electron chi connectivity index (χ1n) is 5.82. The molecule has 1 aliphatic rings. The van der Waals surface area contributed by atoms with Crippen molar-refractivity contribution in [1.29, 1.82) is 0 Å². The maximum Gasteiger partial charge on any atom is 0.0664 e. The zero-order valence-electron chi connectivity index (χ0n) is 9.50. The van der Waals surface area contributed by atoms with E-state index in [1.54, 1.807) is 0 Å². The van der Waals surface area contributed by atoms with Crippen molar-refractivity contribution in [2.75, 3.05) is 26.7 Å². The maximum absolute atomic E-state index is 9.57. The Morgan fingerprint density at radius 3 is 3.00 bits per heavy atom. The Kier molecular flexibility index (Phi) is 5.45. The molecule has 2 atom stereocenters. The highest BCUT2D eigenvalue weighted by atomic mass is 16.3. The van der Waals surface area contributed by atoms with Crippen molar-refractivity contribution in [3.63, 3.8) is 0 Å². The number of piperidine rings is 1. The van der Waals surface area contributed by atoms with Crippen molar-refractivity contribution in [1.82, 2.24) is 10.2 Å². The molecular weight excluding hydrogens is 176 g/mol. The average molecular weight is 200 g/mol. The van der Waals surface area contributed by atoms with Gasteiger partial charge < -0.3 is 15.3 Å². The highest BCUT2D eigenvalue weighted by molar-refractivity contribution is 4.77. The molecule has 84 valence electrons. The zero-order chi connectivity index (χ0) is 10.4. The molecule has 0 aromatic carbocycles. The van der Waals surface area contributed by atoms with Gasteiger partial charge in [0.05, 0.1) is 6.10 Å². The lowest BCUT2D eigenvalue weighted by Crippen LogP contribution is -2.46. The number of nitrogens with one attached hydrogen (secondary N) is 1. The van der Waals surface area contributed by atoms with E-state index in [4.69, 9.17) is 0 Å². The number of hydrogen-bond donors (Lipinski definition) is 2. The molecule has 3 nitrogen and oxygen atoms in total. The normalized spacial score (nSPS) is 26.4. The fraction of sp³-hybridized carbons (Fsp3) is 1.00. The van der Waals surface area contributed by atoms with E-state index in [-0.39, 0.29) is 6.10 Å². The van der Waals surface area contributed by atoms with Gasteiger partial charge in [0.1, 0.15) is 0 Å². The van der Waals surface area contributed by atoms with Crippen LogP contribution in [0.25, 0.3) is 0 Å². The van der Waals surface area contributed by atoms with Crippen LogP contribution in [0.15, 0.2) is 0 Å². The first kappa shape index (κ1) is 12.0. The third-order valence-electron chi connectivity index (χ3n) is 2.89. The molecule has 1 fully saturated rings. The van der Waals surface area contributed by atoms with Gasteiger partial charge in [0.2, 0.25) is 0 Å². The number of likely N-dealkylation sites (N-methyl/N-ethyl adjacent to an activating group) is 1. The van der Waals surface area contributed by atoms with E-state index in [0.717, 1.165) is 25.9 Å². The van der Waals surface area contributed by atoms with Crippen LogP contribution in [0, 0.1) is 0 Å². The van der Waals surface area contributed by atoms with Crippen LogP contribution in [0.1, 0.15) is 32.6 Å². The van der Waals surface area contributed by atoms with Crippen LogP contribution in [0.3, 0.4) is 0 Å². The quantitative estimate of drug-likeness (QED) is 0.690. The van der Waals surface area contributed by atoms with Crippen molar-refractivity contribution in [2.45, 2.75) is 44.8 Å². The molecule has 0 bridgehead atoms. The third kappa shape index (κ3) is 4.40. The van der Waals surface area contributed by atoms with Gasteiger partial charge in [0.25, 0.3) is 0 Å². The summed E-state index contributed by atoms with van der Waals surface area (Å²) in [6, 6.07) is 0.584. The van der Waals surface area contributed by atoms with E-state index in [1.165, 1.54) is 19.4 Å². The molecule has 0 aromatic heterocycles. The lowest BCUT2D eigenvalue weighted by atomic mass is 10.1. The molecule has 1 rings (SSSR count). The second-order valence-electron chi connectivity index (χ2n) is 4.45. The first-order chi connectivity index (χ1) is 6.72.